The first kappa shape index (κ1) is 17.2. The van der Waals surface area contributed by atoms with Gasteiger partial charge in [0.25, 0.3) is 5.91 Å². The second-order valence-electron chi connectivity index (χ2n) is 7.30. The first-order chi connectivity index (χ1) is 12.8. The molecule has 4 rings (SSSR count). The molecule has 0 aliphatic carbocycles. The van der Waals surface area contributed by atoms with E-state index in [0.717, 1.165) is 36.5 Å². The molecule has 2 aliphatic rings. The highest BCUT2D eigenvalue weighted by Crippen LogP contribution is 2.18. The Kier molecular flexibility index (Phi) is 5.32. The average Bonchev–Trinajstić information content (AvgIpc) is 2.93. The van der Waals surface area contributed by atoms with E-state index in [9.17, 15) is 4.79 Å². The average molecular weight is 353 g/mol. The number of aromatic amines is 1. The number of carbonyl (C=O) groups excluding carboxylic acids is 1. The SMILES string of the molecule is O=C(Nc1ccc(CN2CCCCCC2)cc1)c1n[nH]c2c1CNCC2. The highest BCUT2D eigenvalue weighted by Gasteiger charge is 2.21. The second-order valence-corrected chi connectivity index (χ2v) is 7.30. The maximum Gasteiger partial charge on any atom is 0.276 e. The summed E-state index contributed by atoms with van der Waals surface area (Å²) in [6, 6.07) is 8.20. The van der Waals surface area contributed by atoms with Gasteiger partial charge in [-0.15, -0.1) is 0 Å². The zero-order valence-electron chi connectivity index (χ0n) is 15.2. The molecule has 26 heavy (non-hydrogen) atoms. The maximum atomic E-state index is 12.6. The van der Waals surface area contributed by atoms with E-state index in [2.05, 4.69) is 37.9 Å². The second kappa shape index (κ2) is 8.01. The summed E-state index contributed by atoms with van der Waals surface area (Å²) >= 11 is 0. The number of fused-ring (bicyclic) bond motifs is 1. The van der Waals surface area contributed by atoms with Crippen LogP contribution in [0.1, 0.15) is 53.0 Å². The molecular formula is C20H27N5O. The summed E-state index contributed by atoms with van der Waals surface area (Å²) in [5.74, 6) is -0.147. The third kappa shape index (κ3) is 3.97. The van der Waals surface area contributed by atoms with Gasteiger partial charge in [0.15, 0.2) is 5.69 Å². The fraction of sp³-hybridized carbons (Fsp3) is 0.500. The molecule has 138 valence electrons. The fourth-order valence-corrected chi connectivity index (χ4v) is 3.85. The van der Waals surface area contributed by atoms with E-state index >= 15 is 0 Å². The van der Waals surface area contributed by atoms with Gasteiger partial charge >= 0.3 is 0 Å². The van der Waals surface area contributed by atoms with E-state index in [0.29, 0.717) is 12.2 Å². The molecule has 0 unspecified atom stereocenters. The number of aromatic nitrogens is 2. The van der Waals surface area contributed by atoms with Crippen molar-refractivity contribution in [2.24, 2.45) is 0 Å². The standard InChI is InChI=1S/C20H27N5O/c26-20(19-17-13-21-10-9-18(17)23-24-19)22-16-7-5-15(6-8-16)14-25-11-3-1-2-4-12-25/h5-8,21H,1-4,9-14H2,(H,22,26)(H,23,24). The lowest BCUT2D eigenvalue weighted by atomic mass is 10.1. The lowest BCUT2D eigenvalue weighted by Gasteiger charge is -2.19. The molecule has 2 aliphatic heterocycles. The fourth-order valence-electron chi connectivity index (χ4n) is 3.85. The van der Waals surface area contributed by atoms with Gasteiger partial charge in [0.05, 0.1) is 0 Å². The summed E-state index contributed by atoms with van der Waals surface area (Å²) in [7, 11) is 0. The van der Waals surface area contributed by atoms with Gasteiger partial charge in [-0.1, -0.05) is 25.0 Å². The summed E-state index contributed by atoms with van der Waals surface area (Å²) in [6.45, 7) is 5.00. The lowest BCUT2D eigenvalue weighted by Crippen LogP contribution is -2.25. The first-order valence-corrected chi connectivity index (χ1v) is 9.69. The molecule has 6 nitrogen and oxygen atoms in total. The number of hydrogen-bond acceptors (Lipinski definition) is 4. The maximum absolute atomic E-state index is 12.6. The monoisotopic (exact) mass is 353 g/mol. The van der Waals surface area contributed by atoms with Crippen molar-refractivity contribution in [3.05, 3.63) is 46.8 Å². The summed E-state index contributed by atoms with van der Waals surface area (Å²) in [5, 5.41) is 13.5. The summed E-state index contributed by atoms with van der Waals surface area (Å²) in [6.07, 6.45) is 6.20. The highest BCUT2D eigenvalue weighted by atomic mass is 16.1. The molecule has 0 saturated carbocycles. The minimum atomic E-state index is -0.147. The predicted molar refractivity (Wildman–Crippen MR) is 102 cm³/mol. The van der Waals surface area contributed by atoms with Crippen molar-refractivity contribution in [2.45, 2.75) is 45.2 Å². The molecule has 2 aromatic rings. The van der Waals surface area contributed by atoms with Crippen LogP contribution in [0.4, 0.5) is 5.69 Å². The van der Waals surface area contributed by atoms with Crippen molar-refractivity contribution < 1.29 is 4.79 Å². The molecule has 3 N–H and O–H groups in total. The Morgan fingerprint density at radius 2 is 1.88 bits per heavy atom. The number of H-pyrrole nitrogens is 1. The van der Waals surface area contributed by atoms with Gasteiger partial charge in [0.2, 0.25) is 0 Å². The predicted octanol–water partition coefficient (Wildman–Crippen LogP) is 2.68. The largest absolute Gasteiger partial charge is 0.321 e. The van der Waals surface area contributed by atoms with Crippen LogP contribution >= 0.6 is 0 Å². The zero-order chi connectivity index (χ0) is 17.8. The van der Waals surface area contributed by atoms with E-state index in [1.165, 1.54) is 44.3 Å². The summed E-state index contributed by atoms with van der Waals surface area (Å²) in [5.41, 5.74) is 4.68. The number of rotatable bonds is 4. The minimum Gasteiger partial charge on any atom is -0.321 e. The molecule has 0 bridgehead atoms. The van der Waals surface area contributed by atoms with E-state index in [-0.39, 0.29) is 5.91 Å². The number of nitrogens with zero attached hydrogens (tertiary/aromatic N) is 2. The third-order valence-corrected chi connectivity index (χ3v) is 5.34. The molecule has 3 heterocycles. The first-order valence-electron chi connectivity index (χ1n) is 9.69. The van der Waals surface area contributed by atoms with Crippen molar-refractivity contribution >= 4 is 11.6 Å². The van der Waals surface area contributed by atoms with Crippen molar-refractivity contribution in [2.75, 3.05) is 25.0 Å². The Morgan fingerprint density at radius 3 is 2.65 bits per heavy atom. The number of anilines is 1. The normalized spacial score (nSPS) is 18.2. The van der Waals surface area contributed by atoms with E-state index in [1.807, 2.05) is 12.1 Å². The number of nitrogens with one attached hydrogen (secondary N) is 3. The van der Waals surface area contributed by atoms with E-state index < -0.39 is 0 Å². The van der Waals surface area contributed by atoms with Crippen LogP contribution in [-0.2, 0) is 19.5 Å². The number of amides is 1. The van der Waals surface area contributed by atoms with Crippen molar-refractivity contribution in [3.8, 4) is 0 Å². The Labute approximate surface area is 154 Å². The van der Waals surface area contributed by atoms with Crippen LogP contribution in [0, 0.1) is 0 Å². The number of hydrogen-bond donors (Lipinski definition) is 3. The topological polar surface area (TPSA) is 73.0 Å². The molecule has 0 atom stereocenters. The van der Waals surface area contributed by atoms with Gasteiger partial charge in [0, 0.05) is 43.0 Å². The molecule has 1 amide bonds. The molecule has 0 radical (unpaired) electrons. The van der Waals surface area contributed by atoms with Gasteiger partial charge < -0.3 is 10.6 Å². The van der Waals surface area contributed by atoms with Crippen LogP contribution in [0.2, 0.25) is 0 Å². The number of benzene rings is 1. The smallest absolute Gasteiger partial charge is 0.276 e. The highest BCUT2D eigenvalue weighted by molar-refractivity contribution is 6.04. The number of carbonyl (C=O) groups is 1. The molecule has 0 spiro atoms. The molecule has 1 saturated heterocycles. The summed E-state index contributed by atoms with van der Waals surface area (Å²) in [4.78, 5) is 15.1. The van der Waals surface area contributed by atoms with Gasteiger partial charge in [-0.05, 0) is 43.6 Å². The van der Waals surface area contributed by atoms with Gasteiger partial charge in [-0.2, -0.15) is 5.10 Å². The van der Waals surface area contributed by atoms with Gasteiger partial charge in [0.1, 0.15) is 0 Å². The number of likely N-dealkylation sites (tertiary alicyclic amines) is 1. The van der Waals surface area contributed by atoms with Gasteiger partial charge in [-0.25, -0.2) is 0 Å². The quantitative estimate of drug-likeness (QED) is 0.790. The van der Waals surface area contributed by atoms with Crippen molar-refractivity contribution in [1.82, 2.24) is 20.4 Å². The Bertz CT molecular complexity index is 744. The Hall–Kier alpha value is -2.18. The molecular weight excluding hydrogens is 326 g/mol. The van der Waals surface area contributed by atoms with Crippen molar-refractivity contribution in [3.63, 3.8) is 0 Å². The van der Waals surface area contributed by atoms with Crippen LogP contribution in [0.3, 0.4) is 0 Å². The molecule has 1 fully saturated rings. The van der Waals surface area contributed by atoms with E-state index in [4.69, 9.17) is 0 Å². The zero-order valence-corrected chi connectivity index (χ0v) is 15.2. The Morgan fingerprint density at radius 1 is 1.12 bits per heavy atom. The third-order valence-electron chi connectivity index (χ3n) is 5.34. The van der Waals surface area contributed by atoms with E-state index in [1.54, 1.807) is 0 Å². The minimum absolute atomic E-state index is 0.147. The summed E-state index contributed by atoms with van der Waals surface area (Å²) < 4.78 is 0. The van der Waals surface area contributed by atoms with Crippen LogP contribution in [0.25, 0.3) is 0 Å². The molecule has 1 aromatic heterocycles. The van der Waals surface area contributed by atoms with Gasteiger partial charge in [-0.3, -0.25) is 14.8 Å². The van der Waals surface area contributed by atoms with Crippen LogP contribution in [-0.4, -0.2) is 40.6 Å². The van der Waals surface area contributed by atoms with Crippen LogP contribution < -0.4 is 10.6 Å². The molecule has 6 heteroatoms. The molecule has 1 aromatic carbocycles. The van der Waals surface area contributed by atoms with Crippen LogP contribution in [0.15, 0.2) is 24.3 Å². The lowest BCUT2D eigenvalue weighted by molar-refractivity contribution is 0.102. The Balaban J connectivity index is 1.38. The van der Waals surface area contributed by atoms with Crippen molar-refractivity contribution in [1.29, 1.82) is 0 Å². The van der Waals surface area contributed by atoms with Crippen LogP contribution in [0.5, 0.6) is 0 Å².